The van der Waals surface area contributed by atoms with Gasteiger partial charge in [0.2, 0.25) is 0 Å². The van der Waals surface area contributed by atoms with Gasteiger partial charge in [-0.3, -0.25) is 4.79 Å². The van der Waals surface area contributed by atoms with Crippen LogP contribution in [0.1, 0.15) is 18.5 Å². The number of carbonyl (C=O) groups excluding carboxylic acids is 2. The summed E-state index contributed by atoms with van der Waals surface area (Å²) in [5, 5.41) is 5.68. The van der Waals surface area contributed by atoms with Gasteiger partial charge in [0.25, 0.3) is 0 Å². The van der Waals surface area contributed by atoms with Crippen molar-refractivity contribution in [3.05, 3.63) is 41.7 Å². The number of benzene rings is 1. The monoisotopic (exact) mass is 391 g/mol. The molecule has 1 aromatic rings. The van der Waals surface area contributed by atoms with E-state index in [0.29, 0.717) is 11.4 Å². The molecule has 0 aliphatic carbocycles. The minimum absolute atomic E-state index is 0.284. The Morgan fingerprint density at radius 2 is 2.00 bits per heavy atom. The Kier molecular flexibility index (Phi) is 6.49. The van der Waals surface area contributed by atoms with Crippen LogP contribution in [0.4, 0.5) is 4.79 Å². The molecule has 0 bridgehead atoms. The molecule has 2 aliphatic heterocycles. The van der Waals surface area contributed by atoms with E-state index < -0.39 is 12.0 Å². The Morgan fingerprint density at radius 3 is 2.63 bits per heavy atom. The number of urea groups is 1. The highest BCUT2D eigenvalue weighted by Gasteiger charge is 2.40. The number of methoxy groups -OCH3 is 1. The highest BCUT2D eigenvalue weighted by Crippen LogP contribution is 2.32. The van der Waals surface area contributed by atoms with Crippen LogP contribution in [0.3, 0.4) is 0 Å². The Morgan fingerprint density at radius 1 is 1.30 bits per heavy atom. The molecule has 2 saturated heterocycles. The summed E-state index contributed by atoms with van der Waals surface area (Å²) in [6.07, 6.45) is 1.90. The van der Waals surface area contributed by atoms with Crippen LogP contribution in [0.5, 0.6) is 5.75 Å². The quantitative estimate of drug-likeness (QED) is 0.749. The van der Waals surface area contributed by atoms with E-state index >= 15 is 0 Å². The number of nitrogens with zero attached hydrogens (tertiary/aromatic N) is 1. The number of hydrogen-bond donors (Lipinski definition) is 2. The molecule has 0 spiro atoms. The average Bonchev–Trinajstić information content (AvgIpc) is 2.68. The molecule has 2 amide bonds. The van der Waals surface area contributed by atoms with Crippen molar-refractivity contribution >= 4 is 23.8 Å². The Balaban J connectivity index is 1.94. The fourth-order valence-electron chi connectivity index (χ4n) is 3.25. The van der Waals surface area contributed by atoms with Crippen molar-refractivity contribution in [3.8, 4) is 5.75 Å². The normalized spacial score (nSPS) is 24.1. The van der Waals surface area contributed by atoms with E-state index in [4.69, 9.17) is 9.47 Å². The number of esters is 1. The molecular formula is C19H25N3O4S. The van der Waals surface area contributed by atoms with E-state index in [-0.39, 0.29) is 18.6 Å². The first-order chi connectivity index (χ1) is 13.1. The lowest BCUT2D eigenvalue weighted by atomic mass is 9.88. The maximum absolute atomic E-state index is 12.8. The van der Waals surface area contributed by atoms with Crippen molar-refractivity contribution in [2.75, 3.05) is 38.3 Å². The first-order valence-corrected chi connectivity index (χ1v) is 10.2. The van der Waals surface area contributed by atoms with E-state index in [0.717, 1.165) is 30.2 Å². The molecule has 2 N–H and O–H groups in total. The van der Waals surface area contributed by atoms with Crippen LogP contribution in [0.15, 0.2) is 36.2 Å². The molecule has 27 heavy (non-hydrogen) atoms. The van der Waals surface area contributed by atoms with Crippen LogP contribution in [0.2, 0.25) is 0 Å². The van der Waals surface area contributed by atoms with Gasteiger partial charge in [-0.25, -0.2) is 4.79 Å². The molecule has 146 valence electrons. The van der Waals surface area contributed by atoms with Gasteiger partial charge in [-0.2, -0.15) is 11.8 Å². The Labute approximate surface area is 163 Å². The number of hydrogen-bond acceptors (Lipinski definition) is 6. The SMILES string of the molecule is CCOC(=O)[C@H]1/C(=C\N2CCSCC2)NC(=O)N[C@H]1c1ccc(OC)cc1. The van der Waals surface area contributed by atoms with Crippen LogP contribution >= 0.6 is 11.8 Å². The maximum atomic E-state index is 12.8. The minimum Gasteiger partial charge on any atom is -0.497 e. The van der Waals surface area contributed by atoms with E-state index in [1.54, 1.807) is 14.0 Å². The highest BCUT2D eigenvalue weighted by molar-refractivity contribution is 7.99. The van der Waals surface area contributed by atoms with Crippen molar-refractivity contribution < 1.29 is 19.1 Å². The number of rotatable bonds is 5. The molecule has 0 aromatic heterocycles. The summed E-state index contributed by atoms with van der Waals surface area (Å²) in [5.41, 5.74) is 1.40. The highest BCUT2D eigenvalue weighted by atomic mass is 32.2. The molecule has 3 rings (SSSR count). The largest absolute Gasteiger partial charge is 0.497 e. The summed E-state index contributed by atoms with van der Waals surface area (Å²) in [7, 11) is 1.60. The molecule has 8 heteroatoms. The number of thioether (sulfide) groups is 1. The predicted molar refractivity (Wildman–Crippen MR) is 105 cm³/mol. The van der Waals surface area contributed by atoms with E-state index in [1.165, 1.54) is 0 Å². The molecule has 2 aliphatic rings. The molecule has 7 nitrogen and oxygen atoms in total. The fraction of sp³-hybridized carbons (Fsp3) is 0.474. The second-order valence-electron chi connectivity index (χ2n) is 6.31. The van der Waals surface area contributed by atoms with E-state index in [1.807, 2.05) is 42.2 Å². The third kappa shape index (κ3) is 4.68. The number of nitrogens with one attached hydrogen (secondary N) is 2. The first kappa shape index (κ1) is 19.4. The summed E-state index contributed by atoms with van der Waals surface area (Å²) in [6, 6.07) is 6.52. The van der Waals surface area contributed by atoms with Crippen molar-refractivity contribution in [1.82, 2.24) is 15.5 Å². The van der Waals surface area contributed by atoms with Crippen LogP contribution in [-0.2, 0) is 9.53 Å². The van der Waals surface area contributed by atoms with Crippen LogP contribution < -0.4 is 15.4 Å². The molecule has 1 aromatic carbocycles. The van der Waals surface area contributed by atoms with Crippen molar-refractivity contribution in [1.29, 1.82) is 0 Å². The summed E-state index contributed by atoms with van der Waals surface area (Å²) in [6.45, 7) is 3.84. The number of amides is 2. The molecule has 2 heterocycles. The van der Waals surface area contributed by atoms with E-state index in [2.05, 4.69) is 15.5 Å². The third-order valence-electron chi connectivity index (χ3n) is 4.60. The molecule has 0 radical (unpaired) electrons. The summed E-state index contributed by atoms with van der Waals surface area (Å²) in [4.78, 5) is 27.2. The molecule has 0 unspecified atom stereocenters. The van der Waals surface area contributed by atoms with Crippen LogP contribution in [0.25, 0.3) is 0 Å². The molecule has 2 fully saturated rings. The molecular weight excluding hydrogens is 366 g/mol. The average molecular weight is 391 g/mol. The van der Waals surface area contributed by atoms with Gasteiger partial charge in [0.05, 0.1) is 25.5 Å². The van der Waals surface area contributed by atoms with Gasteiger partial charge in [-0.05, 0) is 24.6 Å². The summed E-state index contributed by atoms with van der Waals surface area (Å²) < 4.78 is 10.5. The van der Waals surface area contributed by atoms with Crippen LogP contribution in [0, 0.1) is 5.92 Å². The Hall–Kier alpha value is -2.35. The minimum atomic E-state index is -0.634. The van der Waals surface area contributed by atoms with Gasteiger partial charge < -0.3 is 25.0 Å². The zero-order valence-corrected chi connectivity index (χ0v) is 16.4. The topological polar surface area (TPSA) is 79.9 Å². The van der Waals surface area contributed by atoms with Crippen molar-refractivity contribution in [3.63, 3.8) is 0 Å². The zero-order valence-electron chi connectivity index (χ0n) is 15.6. The van der Waals surface area contributed by atoms with Gasteiger partial charge in [0.1, 0.15) is 11.7 Å². The van der Waals surface area contributed by atoms with Gasteiger partial charge >= 0.3 is 12.0 Å². The van der Waals surface area contributed by atoms with Crippen LogP contribution in [-0.4, -0.2) is 55.2 Å². The predicted octanol–water partition coefficient (Wildman–Crippen LogP) is 2.12. The van der Waals surface area contributed by atoms with Crippen molar-refractivity contribution in [2.24, 2.45) is 5.92 Å². The fourth-order valence-corrected chi connectivity index (χ4v) is 4.18. The lowest BCUT2D eigenvalue weighted by Crippen LogP contribution is -2.52. The number of carbonyl (C=O) groups is 2. The first-order valence-electron chi connectivity index (χ1n) is 9.04. The van der Waals surface area contributed by atoms with Gasteiger partial charge in [-0.15, -0.1) is 0 Å². The van der Waals surface area contributed by atoms with E-state index in [9.17, 15) is 9.59 Å². The standard InChI is InChI=1S/C19H25N3O4S/c1-3-26-18(23)16-15(12-22-8-10-27-11-9-22)20-19(24)21-17(16)13-4-6-14(25-2)7-5-13/h4-7,12,16-17H,3,8-11H2,1-2H3,(H2,20,21,24)/b15-12+/t16-,17-/m0/s1. The van der Waals surface area contributed by atoms with Gasteiger partial charge in [-0.1, -0.05) is 12.1 Å². The lowest BCUT2D eigenvalue weighted by molar-refractivity contribution is -0.148. The summed E-state index contributed by atoms with van der Waals surface area (Å²) >= 11 is 1.90. The van der Waals surface area contributed by atoms with Crippen molar-refractivity contribution in [2.45, 2.75) is 13.0 Å². The zero-order chi connectivity index (χ0) is 19.2. The molecule has 0 saturated carbocycles. The van der Waals surface area contributed by atoms with Gasteiger partial charge in [0, 0.05) is 30.8 Å². The summed E-state index contributed by atoms with van der Waals surface area (Å²) in [5.74, 6) is 1.78. The smallest absolute Gasteiger partial charge is 0.319 e. The number of ether oxygens (including phenoxy) is 2. The Bertz CT molecular complexity index is 701. The lowest BCUT2D eigenvalue weighted by Gasteiger charge is -2.35. The second kappa shape index (κ2) is 9.03. The third-order valence-corrected chi connectivity index (χ3v) is 5.54. The molecule has 2 atom stereocenters. The second-order valence-corrected chi connectivity index (χ2v) is 7.54. The van der Waals surface area contributed by atoms with Gasteiger partial charge in [0.15, 0.2) is 0 Å². The maximum Gasteiger partial charge on any atom is 0.319 e.